The SMILES string of the molecule is C=C(C)CC(C)C(=O)NC(C)(C(=O)O)c1ccc(F)cc1. The van der Waals surface area contributed by atoms with Crippen LogP contribution >= 0.6 is 0 Å². The van der Waals surface area contributed by atoms with E-state index in [1.165, 1.54) is 31.2 Å². The predicted octanol–water partition coefficient (Wildman–Crippen LogP) is 2.84. The lowest BCUT2D eigenvalue weighted by Crippen LogP contribution is -2.51. The first-order chi connectivity index (χ1) is 9.66. The van der Waals surface area contributed by atoms with Crippen molar-refractivity contribution in [1.29, 1.82) is 0 Å². The molecule has 114 valence electrons. The molecule has 0 saturated carbocycles. The van der Waals surface area contributed by atoms with Crippen molar-refractivity contribution in [1.82, 2.24) is 5.32 Å². The lowest BCUT2D eigenvalue weighted by molar-refractivity contribution is -0.148. The molecule has 1 aromatic carbocycles. The van der Waals surface area contributed by atoms with Crippen LogP contribution < -0.4 is 5.32 Å². The largest absolute Gasteiger partial charge is 0.479 e. The van der Waals surface area contributed by atoms with Crippen LogP contribution in [-0.4, -0.2) is 17.0 Å². The molecule has 0 radical (unpaired) electrons. The van der Waals surface area contributed by atoms with Gasteiger partial charge in [0.25, 0.3) is 0 Å². The number of hydrogen-bond acceptors (Lipinski definition) is 2. The van der Waals surface area contributed by atoms with Gasteiger partial charge in [0.2, 0.25) is 5.91 Å². The second-order valence-corrected chi connectivity index (χ2v) is 5.49. The number of nitrogens with one attached hydrogen (secondary N) is 1. The van der Waals surface area contributed by atoms with Crippen molar-refractivity contribution in [2.45, 2.75) is 32.7 Å². The van der Waals surface area contributed by atoms with E-state index in [1.807, 2.05) is 0 Å². The van der Waals surface area contributed by atoms with E-state index in [9.17, 15) is 19.1 Å². The highest BCUT2D eigenvalue weighted by Gasteiger charge is 2.37. The molecule has 1 amide bonds. The second kappa shape index (κ2) is 6.52. The van der Waals surface area contributed by atoms with Crippen LogP contribution in [0.1, 0.15) is 32.8 Å². The molecule has 21 heavy (non-hydrogen) atoms. The van der Waals surface area contributed by atoms with Crippen LogP contribution in [0.2, 0.25) is 0 Å². The van der Waals surface area contributed by atoms with Crippen LogP contribution in [-0.2, 0) is 15.1 Å². The molecule has 5 heteroatoms. The zero-order chi connectivity index (χ0) is 16.2. The van der Waals surface area contributed by atoms with Gasteiger partial charge in [0.1, 0.15) is 5.82 Å². The third kappa shape index (κ3) is 4.15. The fraction of sp³-hybridized carbons (Fsp3) is 0.375. The summed E-state index contributed by atoms with van der Waals surface area (Å²) in [5.74, 6) is -2.44. The van der Waals surface area contributed by atoms with Gasteiger partial charge in [0.05, 0.1) is 0 Å². The van der Waals surface area contributed by atoms with Gasteiger partial charge in [-0.2, -0.15) is 0 Å². The molecule has 0 fully saturated rings. The average molecular weight is 293 g/mol. The van der Waals surface area contributed by atoms with Gasteiger partial charge in [-0.3, -0.25) is 4.79 Å². The van der Waals surface area contributed by atoms with Gasteiger partial charge in [-0.15, -0.1) is 6.58 Å². The minimum absolute atomic E-state index is 0.312. The Balaban J connectivity index is 3.01. The van der Waals surface area contributed by atoms with Crippen molar-refractivity contribution in [3.8, 4) is 0 Å². The molecule has 2 N–H and O–H groups in total. The molecule has 0 aliphatic rings. The Morgan fingerprint density at radius 2 is 1.90 bits per heavy atom. The number of carbonyl (C=O) groups excluding carboxylic acids is 1. The molecule has 1 aromatic rings. The minimum atomic E-state index is -1.60. The van der Waals surface area contributed by atoms with E-state index in [0.717, 1.165) is 5.57 Å². The van der Waals surface area contributed by atoms with Crippen molar-refractivity contribution in [2.75, 3.05) is 0 Å². The highest BCUT2D eigenvalue weighted by molar-refractivity contribution is 5.88. The van der Waals surface area contributed by atoms with Gasteiger partial charge in [-0.1, -0.05) is 24.6 Å². The maximum atomic E-state index is 13.0. The molecular weight excluding hydrogens is 273 g/mol. The molecule has 0 spiro atoms. The van der Waals surface area contributed by atoms with E-state index in [4.69, 9.17) is 0 Å². The van der Waals surface area contributed by atoms with E-state index in [2.05, 4.69) is 11.9 Å². The van der Waals surface area contributed by atoms with Gasteiger partial charge in [0.15, 0.2) is 5.54 Å². The molecule has 0 saturated heterocycles. The van der Waals surface area contributed by atoms with E-state index < -0.39 is 17.3 Å². The number of allylic oxidation sites excluding steroid dienone is 1. The van der Waals surface area contributed by atoms with Crippen LogP contribution in [0, 0.1) is 11.7 Å². The predicted molar refractivity (Wildman–Crippen MR) is 78.1 cm³/mol. The summed E-state index contributed by atoms with van der Waals surface area (Å²) in [6, 6.07) is 5.04. The van der Waals surface area contributed by atoms with Crippen LogP contribution in [0.15, 0.2) is 36.4 Å². The quantitative estimate of drug-likeness (QED) is 0.793. The van der Waals surface area contributed by atoms with Crippen LogP contribution in [0.3, 0.4) is 0 Å². The summed E-state index contributed by atoms with van der Waals surface area (Å²) in [5.41, 5.74) is -0.447. The zero-order valence-corrected chi connectivity index (χ0v) is 12.4. The summed E-state index contributed by atoms with van der Waals surface area (Å²) in [6.45, 7) is 8.63. The number of rotatable bonds is 6. The summed E-state index contributed by atoms with van der Waals surface area (Å²) in [5, 5.41) is 12.0. The first-order valence-electron chi connectivity index (χ1n) is 6.62. The fourth-order valence-corrected chi connectivity index (χ4v) is 2.02. The van der Waals surface area contributed by atoms with Crippen LogP contribution in [0.25, 0.3) is 0 Å². The number of amides is 1. The number of benzene rings is 1. The van der Waals surface area contributed by atoms with E-state index in [0.29, 0.717) is 12.0 Å². The molecule has 1 rings (SSSR count). The number of carboxylic acid groups (broad SMARTS) is 1. The highest BCUT2D eigenvalue weighted by Crippen LogP contribution is 2.23. The Kier molecular flexibility index (Phi) is 5.24. The standard InChI is InChI=1S/C16H20FNO3/c1-10(2)9-11(3)14(19)18-16(4,15(20)21)12-5-7-13(17)8-6-12/h5-8,11H,1,9H2,2-4H3,(H,18,19)(H,20,21). The molecule has 4 nitrogen and oxygen atoms in total. The number of carboxylic acids is 1. The van der Waals surface area contributed by atoms with Crippen LogP contribution in [0.4, 0.5) is 4.39 Å². The van der Waals surface area contributed by atoms with Gasteiger partial charge >= 0.3 is 5.97 Å². The molecule has 0 aromatic heterocycles. The molecular formula is C16H20FNO3. The summed E-state index contributed by atoms with van der Waals surface area (Å²) in [4.78, 5) is 23.7. The minimum Gasteiger partial charge on any atom is -0.479 e. The lowest BCUT2D eigenvalue weighted by atomic mass is 9.90. The first-order valence-corrected chi connectivity index (χ1v) is 6.62. The summed E-state index contributed by atoms with van der Waals surface area (Å²) >= 11 is 0. The van der Waals surface area contributed by atoms with Crippen molar-refractivity contribution < 1.29 is 19.1 Å². The number of carbonyl (C=O) groups is 2. The first kappa shape index (κ1) is 16.9. The molecule has 2 atom stereocenters. The Bertz CT molecular complexity index is 553. The van der Waals surface area contributed by atoms with Crippen molar-refractivity contribution in [3.05, 3.63) is 47.8 Å². The maximum Gasteiger partial charge on any atom is 0.333 e. The topological polar surface area (TPSA) is 66.4 Å². The maximum absolute atomic E-state index is 13.0. The normalized spacial score (nSPS) is 14.9. The summed E-state index contributed by atoms with van der Waals surface area (Å²) in [6.07, 6.45) is 0.477. The summed E-state index contributed by atoms with van der Waals surface area (Å²) < 4.78 is 13.0. The Morgan fingerprint density at radius 3 is 2.33 bits per heavy atom. The number of halogens is 1. The number of hydrogen-bond donors (Lipinski definition) is 2. The van der Waals surface area contributed by atoms with E-state index >= 15 is 0 Å². The smallest absolute Gasteiger partial charge is 0.333 e. The summed E-state index contributed by atoms with van der Waals surface area (Å²) in [7, 11) is 0. The highest BCUT2D eigenvalue weighted by atomic mass is 19.1. The number of aliphatic carboxylic acids is 1. The molecule has 0 aliphatic heterocycles. The Hall–Kier alpha value is -2.17. The monoisotopic (exact) mass is 293 g/mol. The average Bonchev–Trinajstić information content (AvgIpc) is 2.38. The third-order valence-electron chi connectivity index (χ3n) is 3.32. The van der Waals surface area contributed by atoms with Crippen molar-refractivity contribution >= 4 is 11.9 Å². The van der Waals surface area contributed by atoms with Gasteiger partial charge in [-0.25, -0.2) is 9.18 Å². The van der Waals surface area contributed by atoms with Crippen LogP contribution in [0.5, 0.6) is 0 Å². The van der Waals surface area contributed by atoms with E-state index in [-0.39, 0.29) is 11.8 Å². The molecule has 2 unspecified atom stereocenters. The van der Waals surface area contributed by atoms with Gasteiger partial charge in [-0.05, 0) is 38.0 Å². The van der Waals surface area contributed by atoms with Gasteiger partial charge < -0.3 is 10.4 Å². The second-order valence-electron chi connectivity index (χ2n) is 5.49. The lowest BCUT2D eigenvalue weighted by Gasteiger charge is -2.28. The van der Waals surface area contributed by atoms with Crippen molar-refractivity contribution in [3.63, 3.8) is 0 Å². The molecule has 0 aliphatic carbocycles. The Morgan fingerprint density at radius 1 is 1.38 bits per heavy atom. The fourth-order valence-electron chi connectivity index (χ4n) is 2.02. The molecule has 0 heterocycles. The molecule has 0 bridgehead atoms. The Labute approximate surface area is 123 Å². The van der Waals surface area contributed by atoms with Gasteiger partial charge in [0, 0.05) is 5.92 Å². The third-order valence-corrected chi connectivity index (χ3v) is 3.32. The van der Waals surface area contributed by atoms with E-state index in [1.54, 1.807) is 13.8 Å². The zero-order valence-electron chi connectivity index (χ0n) is 12.4. The van der Waals surface area contributed by atoms with Crippen molar-refractivity contribution in [2.24, 2.45) is 5.92 Å².